The highest BCUT2D eigenvalue weighted by molar-refractivity contribution is 5.57. The summed E-state index contributed by atoms with van der Waals surface area (Å²) < 4.78 is 5.54. The Hall–Kier alpha value is -1.75. The minimum Gasteiger partial charge on any atom is -0.338 e. The quantitative estimate of drug-likeness (QED) is 0.929. The van der Waals surface area contributed by atoms with Gasteiger partial charge in [0.15, 0.2) is 0 Å². The van der Waals surface area contributed by atoms with E-state index in [1.165, 1.54) is 19.3 Å². The molecule has 0 unspecified atom stereocenters. The van der Waals surface area contributed by atoms with Gasteiger partial charge >= 0.3 is 0 Å². The van der Waals surface area contributed by atoms with Crippen LogP contribution in [-0.4, -0.2) is 21.7 Å². The number of aryl methyl sites for hydroxylation is 1. The highest BCUT2D eigenvalue weighted by Crippen LogP contribution is 2.38. The van der Waals surface area contributed by atoms with Gasteiger partial charge in [-0.25, -0.2) is 0 Å². The van der Waals surface area contributed by atoms with Gasteiger partial charge in [0.05, 0.1) is 5.41 Å². The molecule has 1 aliphatic rings. The molecule has 1 aliphatic carbocycles. The first-order chi connectivity index (χ1) is 9.75. The number of hydrogen-bond acceptors (Lipinski definition) is 5. The zero-order chi connectivity index (χ0) is 14.0. The van der Waals surface area contributed by atoms with Crippen molar-refractivity contribution in [1.82, 2.24) is 15.1 Å². The van der Waals surface area contributed by atoms with E-state index in [-0.39, 0.29) is 5.41 Å². The van der Waals surface area contributed by atoms with Gasteiger partial charge in [-0.1, -0.05) is 24.4 Å². The van der Waals surface area contributed by atoms with E-state index < -0.39 is 0 Å². The molecule has 2 aromatic heterocycles. The molecule has 2 heterocycles. The summed E-state index contributed by atoms with van der Waals surface area (Å²) in [4.78, 5) is 8.75. The van der Waals surface area contributed by atoms with Crippen molar-refractivity contribution < 1.29 is 4.52 Å². The van der Waals surface area contributed by atoms with Crippen LogP contribution in [0.1, 0.15) is 43.6 Å². The molecule has 3 rings (SSSR count). The summed E-state index contributed by atoms with van der Waals surface area (Å²) in [7, 11) is 0. The maximum absolute atomic E-state index is 6.01. The van der Waals surface area contributed by atoms with Gasteiger partial charge in [-0.15, -0.1) is 0 Å². The molecule has 106 valence electrons. The van der Waals surface area contributed by atoms with Crippen molar-refractivity contribution in [2.45, 2.75) is 44.4 Å². The molecule has 0 aliphatic heterocycles. The van der Waals surface area contributed by atoms with Crippen molar-refractivity contribution in [2.24, 2.45) is 5.73 Å². The number of nitrogens with zero attached hydrogens (tertiary/aromatic N) is 3. The van der Waals surface area contributed by atoms with Crippen LogP contribution >= 0.6 is 0 Å². The van der Waals surface area contributed by atoms with Crippen LogP contribution in [0, 0.1) is 6.92 Å². The van der Waals surface area contributed by atoms with Gasteiger partial charge in [-0.05, 0) is 31.4 Å². The lowest BCUT2D eigenvalue weighted by Crippen LogP contribution is -2.37. The fourth-order valence-electron chi connectivity index (χ4n) is 2.98. The van der Waals surface area contributed by atoms with Crippen molar-refractivity contribution in [2.75, 3.05) is 6.54 Å². The summed E-state index contributed by atoms with van der Waals surface area (Å²) in [5.41, 5.74) is 7.90. The highest BCUT2D eigenvalue weighted by Gasteiger charge is 2.38. The third-order valence-electron chi connectivity index (χ3n) is 4.36. The summed E-state index contributed by atoms with van der Waals surface area (Å²) in [6, 6.07) is 1.95. The monoisotopic (exact) mass is 272 g/mol. The maximum atomic E-state index is 6.01. The predicted octanol–water partition coefficient (Wildman–Crippen LogP) is 2.60. The Labute approximate surface area is 118 Å². The number of hydrogen-bond donors (Lipinski definition) is 1. The molecule has 20 heavy (non-hydrogen) atoms. The SMILES string of the molecule is Cc1ccncc1-c1noc(C2(CN)CCCCC2)n1. The second kappa shape index (κ2) is 5.32. The minimum absolute atomic E-state index is 0.125. The van der Waals surface area contributed by atoms with Crippen LogP contribution in [0.15, 0.2) is 23.0 Å². The second-order valence-electron chi connectivity index (χ2n) is 5.66. The minimum atomic E-state index is -0.125. The van der Waals surface area contributed by atoms with Crippen LogP contribution in [0.4, 0.5) is 0 Å². The summed E-state index contributed by atoms with van der Waals surface area (Å²) in [6.07, 6.45) is 9.25. The Morgan fingerprint density at radius 3 is 2.80 bits per heavy atom. The van der Waals surface area contributed by atoms with Crippen LogP contribution in [0.3, 0.4) is 0 Å². The van der Waals surface area contributed by atoms with Crippen LogP contribution in [0.2, 0.25) is 0 Å². The molecular weight excluding hydrogens is 252 g/mol. The molecule has 2 aromatic rings. The number of rotatable bonds is 3. The molecule has 1 fully saturated rings. The van der Waals surface area contributed by atoms with Gasteiger partial charge < -0.3 is 10.3 Å². The van der Waals surface area contributed by atoms with Crippen molar-refractivity contribution in [3.05, 3.63) is 29.9 Å². The Kier molecular flexibility index (Phi) is 3.53. The molecule has 0 spiro atoms. The first kappa shape index (κ1) is 13.2. The Morgan fingerprint density at radius 1 is 1.30 bits per heavy atom. The van der Waals surface area contributed by atoms with E-state index in [0.717, 1.165) is 24.0 Å². The molecule has 0 saturated heterocycles. The predicted molar refractivity (Wildman–Crippen MR) is 76.1 cm³/mol. The Balaban J connectivity index is 1.95. The number of nitrogens with two attached hydrogens (primary N) is 1. The van der Waals surface area contributed by atoms with E-state index in [2.05, 4.69) is 15.1 Å². The topological polar surface area (TPSA) is 77.8 Å². The molecule has 0 atom stereocenters. The van der Waals surface area contributed by atoms with Crippen molar-refractivity contribution in [1.29, 1.82) is 0 Å². The molecular formula is C15H20N4O. The third kappa shape index (κ3) is 2.22. The standard InChI is InChI=1S/C15H20N4O/c1-11-5-8-17-9-12(11)13-18-14(20-19-13)15(10-16)6-3-2-4-7-15/h5,8-9H,2-4,6-7,10,16H2,1H3. The van der Waals surface area contributed by atoms with E-state index >= 15 is 0 Å². The summed E-state index contributed by atoms with van der Waals surface area (Å²) in [6.45, 7) is 2.59. The molecule has 2 N–H and O–H groups in total. The van der Waals surface area contributed by atoms with Crippen molar-refractivity contribution >= 4 is 0 Å². The average molecular weight is 272 g/mol. The molecule has 0 radical (unpaired) electrons. The zero-order valence-electron chi connectivity index (χ0n) is 11.8. The van der Waals surface area contributed by atoms with Gasteiger partial charge in [0, 0.05) is 24.5 Å². The van der Waals surface area contributed by atoms with Crippen LogP contribution in [0.5, 0.6) is 0 Å². The molecule has 5 nitrogen and oxygen atoms in total. The van der Waals surface area contributed by atoms with E-state index in [4.69, 9.17) is 10.3 Å². The highest BCUT2D eigenvalue weighted by atomic mass is 16.5. The van der Waals surface area contributed by atoms with E-state index in [1.807, 2.05) is 13.0 Å². The summed E-state index contributed by atoms with van der Waals surface area (Å²) >= 11 is 0. The van der Waals surface area contributed by atoms with E-state index in [1.54, 1.807) is 12.4 Å². The largest absolute Gasteiger partial charge is 0.338 e. The smallest absolute Gasteiger partial charge is 0.234 e. The molecule has 0 aromatic carbocycles. The Morgan fingerprint density at radius 2 is 2.10 bits per heavy atom. The fraction of sp³-hybridized carbons (Fsp3) is 0.533. The number of pyridine rings is 1. The normalized spacial score (nSPS) is 18.1. The lowest BCUT2D eigenvalue weighted by Gasteiger charge is -2.32. The lowest BCUT2D eigenvalue weighted by atomic mass is 9.74. The van der Waals surface area contributed by atoms with Gasteiger partial charge in [0.25, 0.3) is 0 Å². The van der Waals surface area contributed by atoms with Crippen LogP contribution in [0.25, 0.3) is 11.4 Å². The zero-order valence-corrected chi connectivity index (χ0v) is 11.8. The first-order valence-corrected chi connectivity index (χ1v) is 7.20. The van der Waals surface area contributed by atoms with Gasteiger partial charge in [-0.3, -0.25) is 4.98 Å². The average Bonchev–Trinajstić information content (AvgIpc) is 2.98. The fourth-order valence-corrected chi connectivity index (χ4v) is 2.98. The summed E-state index contributed by atoms with van der Waals surface area (Å²) in [5, 5.41) is 4.13. The summed E-state index contributed by atoms with van der Waals surface area (Å²) in [5.74, 6) is 1.31. The number of aromatic nitrogens is 3. The van der Waals surface area contributed by atoms with Gasteiger partial charge in [0.2, 0.25) is 11.7 Å². The third-order valence-corrected chi connectivity index (χ3v) is 4.36. The van der Waals surface area contributed by atoms with Crippen LogP contribution in [-0.2, 0) is 5.41 Å². The maximum Gasteiger partial charge on any atom is 0.234 e. The van der Waals surface area contributed by atoms with E-state index in [0.29, 0.717) is 18.3 Å². The van der Waals surface area contributed by atoms with Crippen LogP contribution < -0.4 is 5.73 Å². The molecule has 1 saturated carbocycles. The first-order valence-electron chi connectivity index (χ1n) is 7.20. The molecule has 0 amide bonds. The van der Waals surface area contributed by atoms with Crippen molar-refractivity contribution in [3.63, 3.8) is 0 Å². The van der Waals surface area contributed by atoms with Gasteiger partial charge in [-0.2, -0.15) is 4.98 Å². The Bertz CT molecular complexity index is 587. The second-order valence-corrected chi connectivity index (χ2v) is 5.66. The van der Waals surface area contributed by atoms with Crippen molar-refractivity contribution in [3.8, 4) is 11.4 Å². The molecule has 5 heteroatoms. The van der Waals surface area contributed by atoms with Gasteiger partial charge in [0.1, 0.15) is 0 Å². The van der Waals surface area contributed by atoms with E-state index in [9.17, 15) is 0 Å². The lowest BCUT2D eigenvalue weighted by molar-refractivity contribution is 0.220. The molecule has 0 bridgehead atoms.